The molecule has 4 nitrogen and oxygen atoms in total. The first-order valence-electron chi connectivity index (χ1n) is 9.52. The standard InChI is InChI=1S/C25H19FN2O2/c26-20-11-13-21(14-12-20)28-25(30)19-8-4-9-22(15-19)27-24(29)16-18-7-3-6-17-5-1-2-10-23(17)18/h1-15H,16H2,(H,27,29)(H,28,30). The molecule has 30 heavy (non-hydrogen) atoms. The molecule has 4 aromatic carbocycles. The minimum Gasteiger partial charge on any atom is -0.326 e. The molecule has 0 unspecified atom stereocenters. The van der Waals surface area contributed by atoms with E-state index in [1.54, 1.807) is 24.3 Å². The summed E-state index contributed by atoms with van der Waals surface area (Å²) in [5.74, 6) is -0.877. The van der Waals surface area contributed by atoms with E-state index in [0.717, 1.165) is 16.3 Å². The molecule has 0 spiro atoms. The molecule has 0 radical (unpaired) electrons. The summed E-state index contributed by atoms with van der Waals surface area (Å²) < 4.78 is 13.0. The highest BCUT2D eigenvalue weighted by Gasteiger charge is 2.10. The van der Waals surface area contributed by atoms with Crippen LogP contribution in [0.1, 0.15) is 15.9 Å². The molecular formula is C25H19FN2O2. The number of hydrogen-bond donors (Lipinski definition) is 2. The van der Waals surface area contributed by atoms with E-state index in [-0.39, 0.29) is 24.1 Å². The average Bonchev–Trinajstić information content (AvgIpc) is 2.76. The van der Waals surface area contributed by atoms with Crippen LogP contribution in [0.15, 0.2) is 91.0 Å². The summed E-state index contributed by atoms with van der Waals surface area (Å²) in [6, 6.07) is 26.0. The van der Waals surface area contributed by atoms with Crippen molar-refractivity contribution in [3.63, 3.8) is 0 Å². The van der Waals surface area contributed by atoms with Gasteiger partial charge in [-0.3, -0.25) is 9.59 Å². The Morgan fingerprint density at radius 1 is 0.733 bits per heavy atom. The first kappa shape index (κ1) is 19.3. The molecule has 0 saturated carbocycles. The van der Waals surface area contributed by atoms with E-state index in [4.69, 9.17) is 0 Å². The lowest BCUT2D eigenvalue weighted by Gasteiger charge is -2.10. The number of rotatable bonds is 5. The third kappa shape index (κ3) is 4.52. The van der Waals surface area contributed by atoms with Gasteiger partial charge in [0.25, 0.3) is 5.91 Å². The van der Waals surface area contributed by atoms with E-state index in [2.05, 4.69) is 10.6 Å². The summed E-state index contributed by atoms with van der Waals surface area (Å²) in [4.78, 5) is 25.0. The van der Waals surface area contributed by atoms with Gasteiger partial charge in [-0.1, -0.05) is 48.5 Å². The Morgan fingerprint density at radius 2 is 1.47 bits per heavy atom. The fourth-order valence-electron chi connectivity index (χ4n) is 3.30. The summed E-state index contributed by atoms with van der Waals surface area (Å²) in [5, 5.41) is 7.69. The lowest BCUT2D eigenvalue weighted by atomic mass is 10.0. The van der Waals surface area contributed by atoms with Gasteiger partial charge < -0.3 is 10.6 Å². The van der Waals surface area contributed by atoms with Crippen molar-refractivity contribution in [1.29, 1.82) is 0 Å². The Hall–Kier alpha value is -3.99. The number of carbonyl (C=O) groups excluding carboxylic acids is 2. The molecule has 0 atom stereocenters. The summed E-state index contributed by atoms with van der Waals surface area (Å²) in [7, 11) is 0. The van der Waals surface area contributed by atoms with Crippen LogP contribution in [0.3, 0.4) is 0 Å². The lowest BCUT2D eigenvalue weighted by Crippen LogP contribution is -2.16. The van der Waals surface area contributed by atoms with Crippen molar-refractivity contribution in [2.45, 2.75) is 6.42 Å². The summed E-state index contributed by atoms with van der Waals surface area (Å²) in [6.07, 6.45) is 0.230. The third-order valence-corrected chi connectivity index (χ3v) is 4.74. The summed E-state index contributed by atoms with van der Waals surface area (Å²) in [5.41, 5.74) is 2.36. The van der Waals surface area contributed by atoms with E-state index >= 15 is 0 Å². The monoisotopic (exact) mass is 398 g/mol. The van der Waals surface area contributed by atoms with Gasteiger partial charge in [0.15, 0.2) is 0 Å². The van der Waals surface area contributed by atoms with Crippen LogP contribution in [0.2, 0.25) is 0 Å². The highest BCUT2D eigenvalue weighted by atomic mass is 19.1. The maximum absolute atomic E-state index is 13.0. The first-order chi connectivity index (χ1) is 14.6. The number of nitrogens with one attached hydrogen (secondary N) is 2. The van der Waals surface area contributed by atoms with Crippen LogP contribution < -0.4 is 10.6 Å². The number of amides is 2. The largest absolute Gasteiger partial charge is 0.326 e. The molecule has 4 aromatic rings. The van der Waals surface area contributed by atoms with Gasteiger partial charge in [-0.25, -0.2) is 4.39 Å². The fraction of sp³-hybridized carbons (Fsp3) is 0.0400. The molecule has 0 aliphatic carbocycles. The Labute approximate surface area is 173 Å². The van der Waals surface area contributed by atoms with Crippen molar-refractivity contribution >= 4 is 34.0 Å². The van der Waals surface area contributed by atoms with Crippen molar-refractivity contribution in [3.05, 3.63) is 108 Å². The Morgan fingerprint density at radius 3 is 2.30 bits per heavy atom. The molecule has 2 amide bonds. The van der Waals surface area contributed by atoms with Crippen LogP contribution in [-0.2, 0) is 11.2 Å². The van der Waals surface area contributed by atoms with Gasteiger partial charge in [0.1, 0.15) is 5.82 Å². The number of benzene rings is 4. The zero-order valence-corrected chi connectivity index (χ0v) is 16.1. The van der Waals surface area contributed by atoms with Gasteiger partial charge in [-0.05, 0) is 58.8 Å². The molecule has 0 aliphatic heterocycles. The van der Waals surface area contributed by atoms with Crippen molar-refractivity contribution < 1.29 is 14.0 Å². The van der Waals surface area contributed by atoms with Gasteiger partial charge in [0, 0.05) is 16.9 Å². The van der Waals surface area contributed by atoms with Crippen LogP contribution in [0.4, 0.5) is 15.8 Å². The Bertz CT molecular complexity index is 1210. The lowest BCUT2D eigenvalue weighted by molar-refractivity contribution is -0.115. The van der Waals surface area contributed by atoms with E-state index in [1.807, 2.05) is 42.5 Å². The highest BCUT2D eigenvalue weighted by molar-refractivity contribution is 6.05. The highest BCUT2D eigenvalue weighted by Crippen LogP contribution is 2.20. The predicted octanol–water partition coefficient (Wildman–Crippen LogP) is 5.41. The normalized spacial score (nSPS) is 10.6. The van der Waals surface area contributed by atoms with Crippen LogP contribution in [0.25, 0.3) is 10.8 Å². The van der Waals surface area contributed by atoms with Crippen LogP contribution in [-0.4, -0.2) is 11.8 Å². The second kappa shape index (κ2) is 8.57. The maximum Gasteiger partial charge on any atom is 0.255 e. The minimum absolute atomic E-state index is 0.164. The molecule has 148 valence electrons. The van der Waals surface area contributed by atoms with Gasteiger partial charge >= 0.3 is 0 Å². The summed E-state index contributed by atoms with van der Waals surface area (Å²) in [6.45, 7) is 0. The van der Waals surface area contributed by atoms with E-state index in [0.29, 0.717) is 16.9 Å². The molecular weight excluding hydrogens is 379 g/mol. The molecule has 0 aromatic heterocycles. The average molecular weight is 398 g/mol. The van der Waals surface area contributed by atoms with Crippen molar-refractivity contribution in [3.8, 4) is 0 Å². The second-order valence-corrected chi connectivity index (χ2v) is 6.91. The molecule has 4 rings (SSSR count). The van der Waals surface area contributed by atoms with Gasteiger partial charge in [0.2, 0.25) is 5.91 Å². The van der Waals surface area contributed by atoms with Crippen LogP contribution in [0.5, 0.6) is 0 Å². The molecule has 5 heteroatoms. The Kier molecular flexibility index (Phi) is 5.52. The quantitative estimate of drug-likeness (QED) is 0.472. The molecule has 0 bridgehead atoms. The minimum atomic E-state index is -0.371. The third-order valence-electron chi connectivity index (χ3n) is 4.74. The Balaban J connectivity index is 1.45. The smallest absolute Gasteiger partial charge is 0.255 e. The van der Waals surface area contributed by atoms with E-state index < -0.39 is 0 Å². The number of anilines is 2. The number of halogens is 1. The number of fused-ring (bicyclic) bond motifs is 1. The maximum atomic E-state index is 13.0. The molecule has 0 fully saturated rings. The van der Waals surface area contributed by atoms with E-state index in [1.165, 1.54) is 24.3 Å². The molecule has 0 heterocycles. The zero-order chi connectivity index (χ0) is 20.9. The van der Waals surface area contributed by atoms with E-state index in [9.17, 15) is 14.0 Å². The zero-order valence-electron chi connectivity index (χ0n) is 16.1. The van der Waals surface area contributed by atoms with Crippen molar-refractivity contribution in [1.82, 2.24) is 0 Å². The van der Waals surface area contributed by atoms with Gasteiger partial charge in [-0.2, -0.15) is 0 Å². The number of carbonyl (C=O) groups is 2. The fourth-order valence-corrected chi connectivity index (χ4v) is 3.30. The van der Waals surface area contributed by atoms with Crippen molar-refractivity contribution in [2.24, 2.45) is 0 Å². The van der Waals surface area contributed by atoms with Gasteiger partial charge in [0.05, 0.1) is 6.42 Å². The molecule has 2 N–H and O–H groups in total. The number of hydrogen-bond acceptors (Lipinski definition) is 2. The second-order valence-electron chi connectivity index (χ2n) is 6.91. The SMILES string of the molecule is O=C(Cc1cccc2ccccc12)Nc1cccc(C(=O)Nc2ccc(F)cc2)c1. The van der Waals surface area contributed by atoms with Gasteiger partial charge in [-0.15, -0.1) is 0 Å². The van der Waals surface area contributed by atoms with Crippen LogP contribution >= 0.6 is 0 Å². The first-order valence-corrected chi connectivity index (χ1v) is 9.52. The summed E-state index contributed by atoms with van der Waals surface area (Å²) >= 11 is 0. The predicted molar refractivity (Wildman–Crippen MR) is 117 cm³/mol. The molecule has 0 saturated heterocycles. The van der Waals surface area contributed by atoms with Crippen LogP contribution in [0, 0.1) is 5.82 Å². The van der Waals surface area contributed by atoms with Crippen molar-refractivity contribution in [2.75, 3.05) is 10.6 Å². The molecule has 0 aliphatic rings. The topological polar surface area (TPSA) is 58.2 Å².